The molecule has 2 N–H and O–H groups in total. The van der Waals surface area contributed by atoms with E-state index in [9.17, 15) is 13.5 Å². The smallest absolute Gasteiger partial charge is 0.253 e. The highest BCUT2D eigenvalue weighted by atomic mass is 32.2. The first-order valence-electron chi connectivity index (χ1n) is 10.7. The van der Waals surface area contributed by atoms with Gasteiger partial charge in [-0.25, -0.2) is 28.4 Å². The largest absolute Gasteiger partial charge is 0.385 e. The van der Waals surface area contributed by atoms with Crippen molar-refractivity contribution >= 4 is 32.7 Å². The number of imidazole rings is 1. The zero-order chi connectivity index (χ0) is 23.8. The van der Waals surface area contributed by atoms with Gasteiger partial charge < -0.3 is 15.0 Å². The summed E-state index contributed by atoms with van der Waals surface area (Å²) in [6.45, 7) is 7.41. The lowest BCUT2D eigenvalue weighted by Gasteiger charge is -2.17. The molecule has 0 saturated heterocycles. The summed E-state index contributed by atoms with van der Waals surface area (Å²) >= 11 is 0. The van der Waals surface area contributed by atoms with Gasteiger partial charge in [0.05, 0.1) is 35.4 Å². The molecule has 0 fully saturated rings. The van der Waals surface area contributed by atoms with E-state index in [0.29, 0.717) is 34.4 Å². The summed E-state index contributed by atoms with van der Waals surface area (Å²) in [5, 5.41) is 17.3. The first-order valence-corrected chi connectivity index (χ1v) is 12.3. The Bertz CT molecular complexity index is 1390. The first-order chi connectivity index (χ1) is 15.7. The minimum Gasteiger partial charge on any atom is -0.385 e. The Morgan fingerprint density at radius 3 is 2.61 bits per heavy atom. The van der Waals surface area contributed by atoms with Crippen LogP contribution >= 0.6 is 0 Å². The van der Waals surface area contributed by atoms with Gasteiger partial charge in [0.25, 0.3) is 10.0 Å². The van der Waals surface area contributed by atoms with Crippen molar-refractivity contribution in [3.63, 3.8) is 0 Å². The van der Waals surface area contributed by atoms with Crippen LogP contribution in [0.1, 0.15) is 52.1 Å². The number of hydrogen-bond acceptors (Lipinski definition) is 9. The second-order valence-electron chi connectivity index (χ2n) is 7.72. The monoisotopic (exact) mass is 470 g/mol. The van der Waals surface area contributed by atoms with E-state index < -0.39 is 16.1 Å². The molecule has 174 valence electrons. The van der Waals surface area contributed by atoms with Crippen LogP contribution in [0.15, 0.2) is 36.9 Å². The molecule has 0 aliphatic rings. The van der Waals surface area contributed by atoms with Crippen LogP contribution in [0.25, 0.3) is 22.4 Å². The molecule has 4 aromatic rings. The molecule has 0 saturated carbocycles. The Hall–Kier alpha value is -3.38. The average molecular weight is 471 g/mol. The minimum atomic E-state index is -3.48. The van der Waals surface area contributed by atoms with Crippen molar-refractivity contribution in [1.82, 2.24) is 33.7 Å². The fraction of sp³-hybridized carbons (Fsp3) is 0.381. The lowest BCUT2D eigenvalue weighted by molar-refractivity contribution is 0.182. The van der Waals surface area contributed by atoms with E-state index in [-0.39, 0.29) is 11.8 Å². The number of hydrogen-bond donors (Lipinski definition) is 2. The zero-order valence-electron chi connectivity index (χ0n) is 18.8. The van der Waals surface area contributed by atoms with Crippen molar-refractivity contribution in [2.45, 2.75) is 46.3 Å². The minimum absolute atomic E-state index is 0.0608. The summed E-state index contributed by atoms with van der Waals surface area (Å²) in [6.07, 6.45) is 6.22. The van der Waals surface area contributed by atoms with Gasteiger partial charge in [0.15, 0.2) is 5.82 Å². The molecule has 0 unspecified atom stereocenters. The van der Waals surface area contributed by atoms with Gasteiger partial charge in [-0.15, -0.1) is 0 Å². The van der Waals surface area contributed by atoms with E-state index in [1.54, 1.807) is 32.3 Å². The number of aliphatic hydroxyl groups excluding tert-OH is 1. The zero-order valence-corrected chi connectivity index (χ0v) is 19.7. The highest BCUT2D eigenvalue weighted by Crippen LogP contribution is 2.28. The third-order valence-corrected chi connectivity index (χ3v) is 6.89. The van der Waals surface area contributed by atoms with Crippen LogP contribution in [0.4, 0.5) is 11.6 Å². The van der Waals surface area contributed by atoms with Crippen molar-refractivity contribution in [3.05, 3.63) is 42.7 Å². The van der Waals surface area contributed by atoms with Crippen LogP contribution in [-0.2, 0) is 10.0 Å². The van der Waals surface area contributed by atoms with E-state index in [1.165, 1.54) is 12.4 Å². The van der Waals surface area contributed by atoms with Crippen molar-refractivity contribution in [3.8, 4) is 11.4 Å². The molecule has 0 spiro atoms. The number of rotatable bonds is 8. The predicted molar refractivity (Wildman–Crippen MR) is 125 cm³/mol. The lowest BCUT2D eigenvalue weighted by atomic mass is 10.2. The fourth-order valence-corrected chi connectivity index (χ4v) is 4.16. The fourth-order valence-electron chi connectivity index (χ4n) is 3.43. The molecule has 4 heterocycles. The summed E-state index contributed by atoms with van der Waals surface area (Å²) in [4.78, 5) is 17.7. The van der Waals surface area contributed by atoms with Gasteiger partial charge in [0.2, 0.25) is 0 Å². The summed E-state index contributed by atoms with van der Waals surface area (Å²) in [5.41, 5.74) is 2.04. The van der Waals surface area contributed by atoms with E-state index >= 15 is 0 Å². The highest BCUT2D eigenvalue weighted by molar-refractivity contribution is 7.89. The van der Waals surface area contributed by atoms with Crippen LogP contribution < -0.4 is 5.32 Å². The maximum atomic E-state index is 12.0. The van der Waals surface area contributed by atoms with E-state index in [1.807, 2.05) is 10.6 Å². The third kappa shape index (κ3) is 4.44. The van der Waals surface area contributed by atoms with E-state index in [0.717, 1.165) is 16.0 Å². The Labute approximate surface area is 191 Å². The lowest BCUT2D eigenvalue weighted by Crippen LogP contribution is -2.14. The van der Waals surface area contributed by atoms with Crippen molar-refractivity contribution in [1.29, 1.82) is 0 Å². The van der Waals surface area contributed by atoms with Gasteiger partial charge in [-0.05, 0) is 33.3 Å². The quantitative estimate of drug-likeness (QED) is 0.397. The highest BCUT2D eigenvalue weighted by Gasteiger charge is 2.19. The number of aliphatic hydroxyl groups is 1. The Morgan fingerprint density at radius 2 is 1.91 bits per heavy atom. The van der Waals surface area contributed by atoms with Crippen LogP contribution in [0.3, 0.4) is 0 Å². The first kappa shape index (κ1) is 22.8. The molecule has 0 amide bonds. The summed E-state index contributed by atoms with van der Waals surface area (Å²) in [7, 11) is -3.48. The molecule has 0 aliphatic heterocycles. The summed E-state index contributed by atoms with van der Waals surface area (Å²) in [6, 6.07) is 3.71. The third-order valence-electron chi connectivity index (χ3n) is 5.39. The summed E-state index contributed by atoms with van der Waals surface area (Å²) < 4.78 is 27.0. The predicted octanol–water partition coefficient (Wildman–Crippen LogP) is 3.05. The average Bonchev–Trinajstić information content (AvgIpc) is 3.44. The normalized spacial score (nSPS) is 13.8. The second-order valence-corrected chi connectivity index (χ2v) is 9.84. The van der Waals surface area contributed by atoms with Crippen LogP contribution in [0, 0.1) is 0 Å². The standard InChI is InChI=1S/C21H26N8O3S/c1-5-13(3)29-17-9-19(23-11-16(17)25-21(29)14(4)30)26-18-7-8-22-20(27-18)15-10-24-28(12-15)33(31,32)6-2/h7-14,30H,5-6H2,1-4H3,(H,22,23,26,27)/t13-,14+/m0/s1. The number of fused-ring (bicyclic) bond motifs is 1. The maximum absolute atomic E-state index is 12.0. The Balaban J connectivity index is 1.67. The molecule has 0 aliphatic carbocycles. The van der Waals surface area contributed by atoms with Crippen molar-refractivity contribution in [2.24, 2.45) is 0 Å². The topological polar surface area (TPSA) is 141 Å². The van der Waals surface area contributed by atoms with E-state index in [4.69, 9.17) is 0 Å². The van der Waals surface area contributed by atoms with Gasteiger partial charge >= 0.3 is 0 Å². The van der Waals surface area contributed by atoms with Gasteiger partial charge in [-0.1, -0.05) is 6.92 Å². The molecule has 33 heavy (non-hydrogen) atoms. The van der Waals surface area contributed by atoms with E-state index in [2.05, 4.69) is 44.2 Å². The Morgan fingerprint density at radius 1 is 1.12 bits per heavy atom. The van der Waals surface area contributed by atoms with Gasteiger partial charge in [0.1, 0.15) is 29.1 Å². The molecule has 11 nitrogen and oxygen atoms in total. The SMILES string of the molecule is CC[C@H](C)n1c([C@@H](C)O)nc2cnc(Nc3ccnc(-c4cnn(S(=O)(=O)CC)c4)n3)cc21. The van der Waals surface area contributed by atoms with Crippen molar-refractivity contribution < 1.29 is 13.5 Å². The van der Waals surface area contributed by atoms with Crippen LogP contribution in [0.2, 0.25) is 0 Å². The summed E-state index contributed by atoms with van der Waals surface area (Å²) in [5.74, 6) is 1.91. The van der Waals surface area contributed by atoms with Crippen LogP contribution in [-0.4, -0.2) is 53.0 Å². The Kier molecular flexibility index (Phi) is 6.13. The molecule has 2 atom stereocenters. The number of nitrogens with one attached hydrogen (secondary N) is 1. The molecule has 0 aromatic carbocycles. The molecular weight excluding hydrogens is 444 g/mol. The molecule has 4 aromatic heterocycles. The molecule has 0 bridgehead atoms. The maximum Gasteiger partial charge on any atom is 0.253 e. The van der Waals surface area contributed by atoms with Crippen molar-refractivity contribution in [2.75, 3.05) is 11.1 Å². The molecule has 12 heteroatoms. The van der Waals surface area contributed by atoms with Gasteiger partial charge in [0, 0.05) is 18.3 Å². The number of nitrogens with zero attached hydrogens (tertiary/aromatic N) is 7. The van der Waals surface area contributed by atoms with Crippen LogP contribution in [0.5, 0.6) is 0 Å². The molecule has 0 radical (unpaired) electrons. The number of anilines is 2. The molecular formula is C21H26N8O3S. The number of aromatic nitrogens is 7. The van der Waals surface area contributed by atoms with Gasteiger partial charge in [-0.3, -0.25) is 0 Å². The van der Waals surface area contributed by atoms with Gasteiger partial charge in [-0.2, -0.15) is 9.19 Å². The number of pyridine rings is 1. The second kappa shape index (κ2) is 8.87. The molecule has 4 rings (SSSR count).